The molecular weight excluding hydrogens is 352 g/mol. The molecule has 140 valence electrons. The van der Waals surface area contributed by atoms with Crippen molar-refractivity contribution in [2.45, 2.75) is 11.8 Å². The molecule has 0 saturated heterocycles. The molecule has 0 fully saturated rings. The van der Waals surface area contributed by atoms with Gasteiger partial charge in [-0.25, -0.2) is 8.42 Å². The maximum atomic E-state index is 12.1. The second kappa shape index (κ2) is 8.82. The zero-order valence-electron chi connectivity index (χ0n) is 15.2. The summed E-state index contributed by atoms with van der Waals surface area (Å²) in [5.74, 6) is 0.622. The van der Waals surface area contributed by atoms with E-state index in [-0.39, 0.29) is 17.3 Å². The zero-order valence-corrected chi connectivity index (χ0v) is 16.0. The molecule has 2 aromatic carbocycles. The molecule has 0 spiro atoms. The lowest BCUT2D eigenvalue weighted by atomic mass is 10.2. The van der Waals surface area contributed by atoms with Crippen LogP contribution in [0.2, 0.25) is 0 Å². The van der Waals surface area contributed by atoms with Crippen molar-refractivity contribution < 1.29 is 17.9 Å². The largest absolute Gasteiger partial charge is 0.492 e. The van der Waals surface area contributed by atoms with Gasteiger partial charge in [0.25, 0.3) is 0 Å². The fourth-order valence-corrected chi connectivity index (χ4v) is 3.03. The molecule has 2 rings (SSSR count). The number of rotatable bonds is 8. The summed E-state index contributed by atoms with van der Waals surface area (Å²) in [6.07, 6.45) is 1.14. The van der Waals surface area contributed by atoms with Crippen molar-refractivity contribution >= 4 is 21.4 Å². The van der Waals surface area contributed by atoms with Gasteiger partial charge in [-0.15, -0.1) is 0 Å². The minimum Gasteiger partial charge on any atom is -0.492 e. The lowest BCUT2D eigenvalue weighted by Crippen LogP contribution is -2.33. The lowest BCUT2D eigenvalue weighted by molar-refractivity contribution is -0.117. The molecule has 6 nitrogen and oxygen atoms in total. The van der Waals surface area contributed by atoms with Gasteiger partial charge in [0.1, 0.15) is 12.4 Å². The van der Waals surface area contributed by atoms with E-state index >= 15 is 0 Å². The maximum absolute atomic E-state index is 12.1. The van der Waals surface area contributed by atoms with Crippen LogP contribution in [-0.2, 0) is 14.6 Å². The number of ether oxygens (including phenoxy) is 1. The van der Waals surface area contributed by atoms with Crippen LogP contribution in [0, 0.1) is 6.92 Å². The summed E-state index contributed by atoms with van der Waals surface area (Å²) in [7, 11) is -1.48. The number of aryl methyl sites for hydroxylation is 1. The third kappa shape index (κ3) is 6.16. The minimum absolute atomic E-state index is 0.176. The number of para-hydroxylation sites is 1. The smallest absolute Gasteiger partial charge is 0.238 e. The maximum Gasteiger partial charge on any atom is 0.238 e. The summed E-state index contributed by atoms with van der Waals surface area (Å²) in [5, 5.41) is 2.72. The summed E-state index contributed by atoms with van der Waals surface area (Å²) in [4.78, 5) is 14.1. The molecule has 0 unspecified atom stereocenters. The molecule has 0 aliphatic carbocycles. The molecule has 0 bridgehead atoms. The first-order valence-electron chi connectivity index (χ1n) is 8.22. The summed E-state index contributed by atoms with van der Waals surface area (Å²) in [5.41, 5.74) is 1.53. The number of sulfone groups is 1. The van der Waals surface area contributed by atoms with Gasteiger partial charge in [-0.2, -0.15) is 0 Å². The van der Waals surface area contributed by atoms with Crippen LogP contribution in [0.15, 0.2) is 53.4 Å². The van der Waals surface area contributed by atoms with Crippen molar-refractivity contribution in [1.82, 2.24) is 4.90 Å². The monoisotopic (exact) mass is 376 g/mol. The van der Waals surface area contributed by atoms with Gasteiger partial charge in [0, 0.05) is 18.5 Å². The molecule has 0 heterocycles. The van der Waals surface area contributed by atoms with Gasteiger partial charge in [0.15, 0.2) is 9.84 Å². The number of anilines is 1. The van der Waals surface area contributed by atoms with Crippen molar-refractivity contribution in [2.24, 2.45) is 0 Å². The lowest BCUT2D eigenvalue weighted by Gasteiger charge is -2.17. The molecule has 0 radical (unpaired) electrons. The van der Waals surface area contributed by atoms with E-state index in [1.54, 1.807) is 12.1 Å². The first kappa shape index (κ1) is 19.9. The number of nitrogens with one attached hydrogen (secondary N) is 1. The fraction of sp³-hybridized carbons (Fsp3) is 0.316. The number of hydrogen-bond donors (Lipinski definition) is 1. The van der Waals surface area contributed by atoms with Crippen LogP contribution in [0.4, 0.5) is 5.69 Å². The Balaban J connectivity index is 1.81. The topological polar surface area (TPSA) is 75.7 Å². The third-order valence-electron chi connectivity index (χ3n) is 3.78. The van der Waals surface area contributed by atoms with Crippen LogP contribution in [0.5, 0.6) is 5.75 Å². The second-order valence-corrected chi connectivity index (χ2v) is 8.22. The van der Waals surface area contributed by atoms with Crippen molar-refractivity contribution in [2.75, 3.05) is 38.3 Å². The Bertz CT molecular complexity index is 865. The summed E-state index contributed by atoms with van der Waals surface area (Å²) in [6.45, 7) is 3.22. The van der Waals surface area contributed by atoms with Crippen LogP contribution in [0.25, 0.3) is 0 Å². The number of amides is 1. The quantitative estimate of drug-likeness (QED) is 0.765. The van der Waals surface area contributed by atoms with Crippen molar-refractivity contribution in [3.8, 4) is 5.75 Å². The molecule has 7 heteroatoms. The van der Waals surface area contributed by atoms with E-state index in [1.165, 1.54) is 12.1 Å². The van der Waals surface area contributed by atoms with Gasteiger partial charge in [-0.05, 0) is 43.8 Å². The normalized spacial score (nSPS) is 11.4. The average molecular weight is 376 g/mol. The van der Waals surface area contributed by atoms with Crippen molar-refractivity contribution in [3.63, 3.8) is 0 Å². The number of nitrogens with zero attached hydrogens (tertiary/aromatic N) is 1. The molecule has 0 atom stereocenters. The van der Waals surface area contributed by atoms with Gasteiger partial charge >= 0.3 is 0 Å². The Labute approximate surface area is 154 Å². The molecule has 0 saturated carbocycles. The van der Waals surface area contributed by atoms with E-state index in [4.69, 9.17) is 4.74 Å². The third-order valence-corrected chi connectivity index (χ3v) is 4.89. The molecule has 1 amide bonds. The number of likely N-dealkylation sites (N-methyl/N-ethyl adjacent to an activating group) is 1. The Morgan fingerprint density at radius 3 is 2.58 bits per heavy atom. The molecular formula is C19H24N2O4S. The van der Waals surface area contributed by atoms with Crippen LogP contribution in [0.3, 0.4) is 0 Å². The van der Waals surface area contributed by atoms with Crippen LogP contribution < -0.4 is 10.1 Å². The number of carbonyl (C=O) groups is 1. The first-order chi connectivity index (χ1) is 12.3. The summed E-state index contributed by atoms with van der Waals surface area (Å²) >= 11 is 0. The highest BCUT2D eigenvalue weighted by Gasteiger charge is 2.11. The Morgan fingerprint density at radius 2 is 1.88 bits per heavy atom. The van der Waals surface area contributed by atoms with Crippen LogP contribution >= 0.6 is 0 Å². The Hall–Kier alpha value is -2.38. The number of benzene rings is 2. The Kier molecular flexibility index (Phi) is 6.76. The summed E-state index contributed by atoms with van der Waals surface area (Å²) < 4.78 is 28.9. The standard InChI is InChI=1S/C19H24N2O4S/c1-15-7-4-5-10-18(15)25-12-11-21(2)14-19(22)20-16-8-6-9-17(13-16)26(3,23)24/h4-10,13H,11-12,14H2,1-3H3,(H,20,22). The molecule has 1 N–H and O–H groups in total. The SMILES string of the molecule is Cc1ccccc1OCCN(C)CC(=O)Nc1cccc(S(C)(=O)=O)c1. The molecule has 2 aromatic rings. The number of carbonyl (C=O) groups excluding carboxylic acids is 1. The second-order valence-electron chi connectivity index (χ2n) is 6.20. The number of hydrogen-bond acceptors (Lipinski definition) is 5. The highest BCUT2D eigenvalue weighted by Crippen LogP contribution is 2.16. The zero-order chi connectivity index (χ0) is 19.2. The van der Waals surface area contributed by atoms with E-state index in [1.807, 2.05) is 43.1 Å². The van der Waals surface area contributed by atoms with Gasteiger partial charge in [0.2, 0.25) is 5.91 Å². The van der Waals surface area contributed by atoms with E-state index in [2.05, 4.69) is 5.32 Å². The van der Waals surface area contributed by atoms with E-state index in [0.29, 0.717) is 18.8 Å². The molecule has 0 aromatic heterocycles. The predicted molar refractivity (Wildman–Crippen MR) is 102 cm³/mol. The minimum atomic E-state index is -3.30. The Morgan fingerprint density at radius 1 is 1.15 bits per heavy atom. The van der Waals surface area contributed by atoms with Gasteiger partial charge in [0.05, 0.1) is 11.4 Å². The van der Waals surface area contributed by atoms with Gasteiger partial charge in [-0.3, -0.25) is 9.69 Å². The average Bonchev–Trinajstić information content (AvgIpc) is 2.56. The molecule has 26 heavy (non-hydrogen) atoms. The summed E-state index contributed by atoms with van der Waals surface area (Å²) in [6, 6.07) is 14.0. The fourth-order valence-electron chi connectivity index (χ4n) is 2.36. The molecule has 0 aliphatic rings. The first-order valence-corrected chi connectivity index (χ1v) is 10.1. The van der Waals surface area contributed by atoms with E-state index in [0.717, 1.165) is 17.6 Å². The van der Waals surface area contributed by atoms with E-state index < -0.39 is 9.84 Å². The van der Waals surface area contributed by atoms with Crippen LogP contribution in [-0.4, -0.2) is 52.2 Å². The molecule has 0 aliphatic heterocycles. The highest BCUT2D eigenvalue weighted by molar-refractivity contribution is 7.90. The van der Waals surface area contributed by atoms with Gasteiger partial charge < -0.3 is 10.1 Å². The van der Waals surface area contributed by atoms with Crippen molar-refractivity contribution in [3.05, 3.63) is 54.1 Å². The highest BCUT2D eigenvalue weighted by atomic mass is 32.2. The van der Waals surface area contributed by atoms with Gasteiger partial charge in [-0.1, -0.05) is 24.3 Å². The van der Waals surface area contributed by atoms with E-state index in [9.17, 15) is 13.2 Å². The van der Waals surface area contributed by atoms with Crippen LogP contribution in [0.1, 0.15) is 5.56 Å². The predicted octanol–water partition coefficient (Wildman–Crippen LogP) is 2.35. The van der Waals surface area contributed by atoms with Crippen molar-refractivity contribution in [1.29, 1.82) is 0 Å².